The summed E-state index contributed by atoms with van der Waals surface area (Å²) in [6.45, 7) is 6.18. The monoisotopic (exact) mass is 474 g/mol. The summed E-state index contributed by atoms with van der Waals surface area (Å²) >= 11 is 0. The van der Waals surface area contributed by atoms with E-state index in [0.29, 0.717) is 25.8 Å². The van der Waals surface area contributed by atoms with Crippen LogP contribution in [0, 0.1) is 0 Å². The largest absolute Gasteiger partial charge is 0.444 e. The molecule has 0 aromatic heterocycles. The normalized spacial score (nSPS) is 14.1. The fourth-order valence-electron chi connectivity index (χ4n) is 4.08. The third-order valence-corrected chi connectivity index (χ3v) is 5.75. The Hall–Kier alpha value is -3.15. The highest BCUT2D eigenvalue weighted by molar-refractivity contribution is 5.68. The molecule has 35 heavy (non-hydrogen) atoms. The standard InChI is InChI=1S/C30H38N2O3/c1-30(2,3)35-29(34)32-26(19-23-13-7-4-8-14-23)21-28(33)27(20-24-15-9-5-10-16-24)31-22-25-17-11-6-12-18-25/h4-18,26-28,31,33H,19-22H2,1-3H3,(H,32,34)/t26-,27-,28-/m0/s1. The molecule has 1 amide bonds. The summed E-state index contributed by atoms with van der Waals surface area (Å²) in [5, 5.41) is 17.9. The lowest BCUT2D eigenvalue weighted by Gasteiger charge is -2.29. The Labute approximate surface area is 209 Å². The molecule has 0 saturated heterocycles. The maximum atomic E-state index is 12.6. The Bertz CT molecular complexity index is 1000. The molecule has 0 spiro atoms. The Morgan fingerprint density at radius 3 is 1.80 bits per heavy atom. The Morgan fingerprint density at radius 1 is 0.800 bits per heavy atom. The van der Waals surface area contributed by atoms with Crippen molar-refractivity contribution in [2.45, 2.75) is 70.4 Å². The van der Waals surface area contributed by atoms with Crippen LogP contribution in [0.2, 0.25) is 0 Å². The molecular weight excluding hydrogens is 436 g/mol. The number of aliphatic hydroxyl groups excluding tert-OH is 1. The molecule has 0 aliphatic heterocycles. The minimum Gasteiger partial charge on any atom is -0.444 e. The number of nitrogens with one attached hydrogen (secondary N) is 2. The predicted octanol–water partition coefficient (Wildman–Crippen LogP) is 5.27. The summed E-state index contributed by atoms with van der Waals surface area (Å²) in [4.78, 5) is 12.6. The first-order chi connectivity index (χ1) is 16.8. The van der Waals surface area contributed by atoms with Gasteiger partial charge in [-0.1, -0.05) is 91.0 Å². The molecule has 0 fully saturated rings. The van der Waals surface area contributed by atoms with Crippen LogP contribution in [0.5, 0.6) is 0 Å². The minimum atomic E-state index is -0.678. The zero-order valence-corrected chi connectivity index (χ0v) is 21.0. The molecule has 0 saturated carbocycles. The van der Waals surface area contributed by atoms with Crippen molar-refractivity contribution >= 4 is 6.09 Å². The molecule has 5 heteroatoms. The molecule has 0 unspecified atom stereocenters. The molecule has 3 aromatic carbocycles. The lowest BCUT2D eigenvalue weighted by atomic mass is 9.93. The number of carbonyl (C=O) groups excluding carboxylic acids is 1. The third kappa shape index (κ3) is 9.93. The second-order valence-electron chi connectivity index (χ2n) is 10.00. The van der Waals surface area contributed by atoms with E-state index in [1.807, 2.05) is 87.5 Å². The van der Waals surface area contributed by atoms with Crippen molar-refractivity contribution in [1.82, 2.24) is 10.6 Å². The van der Waals surface area contributed by atoms with Crippen molar-refractivity contribution in [3.8, 4) is 0 Å². The Balaban J connectivity index is 1.73. The van der Waals surface area contributed by atoms with Gasteiger partial charge in [-0.05, 0) is 56.7 Å². The number of benzene rings is 3. The van der Waals surface area contributed by atoms with Crippen molar-refractivity contribution in [3.05, 3.63) is 108 Å². The summed E-state index contributed by atoms with van der Waals surface area (Å²) in [6.07, 6.45) is 0.533. The summed E-state index contributed by atoms with van der Waals surface area (Å²) in [5.41, 5.74) is 2.81. The number of hydrogen-bond acceptors (Lipinski definition) is 4. The van der Waals surface area contributed by atoms with Gasteiger partial charge in [-0.25, -0.2) is 4.79 Å². The van der Waals surface area contributed by atoms with Gasteiger partial charge in [-0.15, -0.1) is 0 Å². The topological polar surface area (TPSA) is 70.6 Å². The first-order valence-corrected chi connectivity index (χ1v) is 12.3. The maximum absolute atomic E-state index is 12.6. The van der Waals surface area contributed by atoms with Crippen LogP contribution in [0.15, 0.2) is 91.0 Å². The molecule has 3 N–H and O–H groups in total. The number of ether oxygens (including phenoxy) is 1. The van der Waals surface area contributed by atoms with Gasteiger partial charge in [0.25, 0.3) is 0 Å². The molecule has 186 valence electrons. The van der Waals surface area contributed by atoms with Crippen LogP contribution in [-0.4, -0.2) is 35.0 Å². The smallest absolute Gasteiger partial charge is 0.407 e. The van der Waals surface area contributed by atoms with Crippen LogP contribution in [0.25, 0.3) is 0 Å². The molecule has 0 aliphatic carbocycles. The van der Waals surface area contributed by atoms with Crippen LogP contribution < -0.4 is 10.6 Å². The number of rotatable bonds is 11. The summed E-state index contributed by atoms with van der Waals surface area (Å²) in [6, 6.07) is 29.9. The van der Waals surface area contributed by atoms with Crippen LogP contribution in [-0.2, 0) is 24.1 Å². The molecular formula is C30H38N2O3. The number of carbonyl (C=O) groups is 1. The van der Waals surface area contributed by atoms with Gasteiger partial charge in [0, 0.05) is 18.6 Å². The molecule has 3 atom stereocenters. The number of amides is 1. The maximum Gasteiger partial charge on any atom is 0.407 e. The van der Waals surface area contributed by atoms with E-state index in [0.717, 1.165) is 16.7 Å². The van der Waals surface area contributed by atoms with Crippen LogP contribution in [0.1, 0.15) is 43.9 Å². The summed E-state index contributed by atoms with van der Waals surface area (Å²) in [5.74, 6) is 0. The fraction of sp³-hybridized carbons (Fsp3) is 0.367. The minimum absolute atomic E-state index is 0.184. The van der Waals surface area contributed by atoms with Crippen molar-refractivity contribution in [2.75, 3.05) is 0 Å². The van der Waals surface area contributed by atoms with E-state index in [-0.39, 0.29) is 12.1 Å². The van der Waals surface area contributed by atoms with Crippen molar-refractivity contribution in [2.24, 2.45) is 0 Å². The predicted molar refractivity (Wildman–Crippen MR) is 141 cm³/mol. The second kappa shape index (κ2) is 13.1. The average molecular weight is 475 g/mol. The van der Waals surface area contributed by atoms with Gasteiger partial charge in [0.2, 0.25) is 0 Å². The highest BCUT2D eigenvalue weighted by Crippen LogP contribution is 2.16. The van der Waals surface area contributed by atoms with Crippen molar-refractivity contribution in [1.29, 1.82) is 0 Å². The Kier molecular flexibility index (Phi) is 9.88. The van der Waals surface area contributed by atoms with E-state index in [1.165, 1.54) is 0 Å². The summed E-state index contributed by atoms with van der Waals surface area (Å²) in [7, 11) is 0. The zero-order chi connectivity index (χ0) is 25.1. The number of alkyl carbamates (subject to hydrolysis) is 1. The van der Waals surface area contributed by atoms with Gasteiger partial charge < -0.3 is 20.5 Å². The number of aliphatic hydroxyl groups is 1. The zero-order valence-electron chi connectivity index (χ0n) is 21.0. The van der Waals surface area contributed by atoms with Gasteiger partial charge in [-0.3, -0.25) is 0 Å². The van der Waals surface area contributed by atoms with Gasteiger partial charge in [0.05, 0.1) is 6.10 Å². The van der Waals surface area contributed by atoms with E-state index in [2.05, 4.69) is 34.9 Å². The highest BCUT2D eigenvalue weighted by Gasteiger charge is 2.26. The molecule has 5 nitrogen and oxygen atoms in total. The quantitative estimate of drug-likeness (QED) is 0.354. The molecule has 0 bridgehead atoms. The van der Waals surface area contributed by atoms with Crippen molar-refractivity contribution < 1.29 is 14.6 Å². The van der Waals surface area contributed by atoms with E-state index in [1.54, 1.807) is 0 Å². The molecule has 0 heterocycles. The van der Waals surface area contributed by atoms with Crippen LogP contribution >= 0.6 is 0 Å². The van der Waals surface area contributed by atoms with Crippen LogP contribution in [0.3, 0.4) is 0 Å². The molecule has 0 radical (unpaired) electrons. The first-order valence-electron chi connectivity index (χ1n) is 12.3. The molecule has 0 aliphatic rings. The first kappa shape index (κ1) is 26.5. The van der Waals surface area contributed by atoms with E-state index in [4.69, 9.17) is 4.74 Å². The van der Waals surface area contributed by atoms with Gasteiger partial charge in [0.15, 0.2) is 0 Å². The van der Waals surface area contributed by atoms with Gasteiger partial charge >= 0.3 is 6.09 Å². The second-order valence-corrected chi connectivity index (χ2v) is 10.00. The van der Waals surface area contributed by atoms with E-state index < -0.39 is 17.8 Å². The third-order valence-electron chi connectivity index (χ3n) is 5.75. The summed E-state index contributed by atoms with van der Waals surface area (Å²) < 4.78 is 5.50. The Morgan fingerprint density at radius 2 is 1.29 bits per heavy atom. The van der Waals surface area contributed by atoms with Gasteiger partial charge in [-0.2, -0.15) is 0 Å². The fourth-order valence-corrected chi connectivity index (χ4v) is 4.08. The average Bonchev–Trinajstić information content (AvgIpc) is 2.82. The molecule has 3 rings (SSSR count). The van der Waals surface area contributed by atoms with Crippen molar-refractivity contribution in [3.63, 3.8) is 0 Å². The number of hydrogen-bond donors (Lipinski definition) is 3. The SMILES string of the molecule is CC(C)(C)OC(=O)N[C@@H](Cc1ccccc1)C[C@H](O)[C@H](Cc1ccccc1)NCc1ccccc1. The highest BCUT2D eigenvalue weighted by atomic mass is 16.6. The van der Waals surface area contributed by atoms with E-state index in [9.17, 15) is 9.90 Å². The molecule has 3 aromatic rings. The van der Waals surface area contributed by atoms with Crippen LogP contribution in [0.4, 0.5) is 4.79 Å². The van der Waals surface area contributed by atoms with Gasteiger partial charge in [0.1, 0.15) is 5.60 Å². The lowest BCUT2D eigenvalue weighted by molar-refractivity contribution is 0.0468. The lowest BCUT2D eigenvalue weighted by Crippen LogP contribution is -2.47. The van der Waals surface area contributed by atoms with E-state index >= 15 is 0 Å².